The molecule has 0 amide bonds. The van der Waals surface area contributed by atoms with Gasteiger partial charge in [0.15, 0.2) is 0 Å². The topological polar surface area (TPSA) is 72.8 Å². The zero-order valence-corrected chi connectivity index (χ0v) is 9.67. The van der Waals surface area contributed by atoms with Crippen molar-refractivity contribution in [3.8, 4) is 0 Å². The summed E-state index contributed by atoms with van der Waals surface area (Å²) >= 11 is 0. The fraction of sp³-hybridized carbons (Fsp3) is 0.833. The van der Waals surface area contributed by atoms with Crippen LogP contribution in [0.15, 0.2) is 0 Å². The minimum atomic E-state index is -0.415. The SMILES string of the molecule is COC(=O)C1C2CCC3C(OC(=O)C31)C2CO. The third-order valence-electron chi connectivity index (χ3n) is 4.75. The summed E-state index contributed by atoms with van der Waals surface area (Å²) in [6.45, 7) is -0.0284. The van der Waals surface area contributed by atoms with E-state index in [1.54, 1.807) is 0 Å². The highest BCUT2D eigenvalue weighted by atomic mass is 16.6. The van der Waals surface area contributed by atoms with Gasteiger partial charge in [0, 0.05) is 18.4 Å². The molecule has 4 rings (SSSR count). The van der Waals surface area contributed by atoms with Crippen LogP contribution in [0.5, 0.6) is 0 Å². The van der Waals surface area contributed by atoms with Crippen molar-refractivity contribution < 1.29 is 24.2 Å². The average Bonchev–Trinajstić information content (AvgIpc) is 2.64. The van der Waals surface area contributed by atoms with E-state index < -0.39 is 5.92 Å². The van der Waals surface area contributed by atoms with Crippen LogP contribution in [0.2, 0.25) is 0 Å². The van der Waals surface area contributed by atoms with Crippen LogP contribution in [0.4, 0.5) is 0 Å². The van der Waals surface area contributed by atoms with E-state index in [1.165, 1.54) is 7.11 Å². The molecule has 0 aromatic rings. The molecular formula is C12H16O5. The Labute approximate surface area is 99.1 Å². The number of methoxy groups -OCH3 is 1. The van der Waals surface area contributed by atoms with E-state index >= 15 is 0 Å². The first-order valence-corrected chi connectivity index (χ1v) is 6.08. The number of aliphatic hydroxyl groups is 1. The van der Waals surface area contributed by atoms with Crippen LogP contribution in [0.3, 0.4) is 0 Å². The number of hydrogen-bond donors (Lipinski definition) is 1. The molecule has 6 atom stereocenters. The summed E-state index contributed by atoms with van der Waals surface area (Å²) in [4.78, 5) is 23.7. The number of carbonyl (C=O) groups is 2. The Kier molecular flexibility index (Phi) is 2.40. The van der Waals surface area contributed by atoms with E-state index in [1.807, 2.05) is 0 Å². The van der Waals surface area contributed by atoms with E-state index in [-0.39, 0.29) is 48.3 Å². The third-order valence-corrected chi connectivity index (χ3v) is 4.75. The first kappa shape index (κ1) is 11.0. The summed E-state index contributed by atoms with van der Waals surface area (Å²) in [7, 11) is 1.34. The van der Waals surface area contributed by atoms with E-state index in [0.717, 1.165) is 12.8 Å². The molecule has 0 spiro atoms. The summed E-state index contributed by atoms with van der Waals surface area (Å²) in [5.74, 6) is -1.35. The fourth-order valence-corrected chi connectivity index (χ4v) is 4.09. The lowest BCUT2D eigenvalue weighted by Crippen LogP contribution is -2.53. The van der Waals surface area contributed by atoms with Crippen LogP contribution in [0.25, 0.3) is 0 Å². The zero-order chi connectivity index (χ0) is 12.2. The number of rotatable bonds is 2. The molecule has 4 fully saturated rings. The van der Waals surface area contributed by atoms with Gasteiger partial charge in [0.1, 0.15) is 6.10 Å². The molecule has 0 aromatic heterocycles. The van der Waals surface area contributed by atoms with Gasteiger partial charge in [0.2, 0.25) is 0 Å². The number of hydrogen-bond acceptors (Lipinski definition) is 5. The molecule has 17 heavy (non-hydrogen) atoms. The Morgan fingerprint density at radius 3 is 2.82 bits per heavy atom. The van der Waals surface area contributed by atoms with Crippen LogP contribution in [-0.2, 0) is 19.1 Å². The van der Waals surface area contributed by atoms with Crippen molar-refractivity contribution in [2.24, 2.45) is 29.6 Å². The van der Waals surface area contributed by atoms with Crippen molar-refractivity contribution in [3.05, 3.63) is 0 Å². The molecule has 5 heteroatoms. The van der Waals surface area contributed by atoms with E-state index in [0.29, 0.717) is 0 Å². The van der Waals surface area contributed by atoms with Crippen LogP contribution in [-0.4, -0.2) is 36.9 Å². The Morgan fingerprint density at radius 2 is 2.18 bits per heavy atom. The Bertz CT molecular complexity index is 366. The predicted octanol–water partition coefficient (Wildman–Crippen LogP) is -0.0345. The summed E-state index contributed by atoms with van der Waals surface area (Å²) in [5.41, 5.74) is 0. The second-order valence-corrected chi connectivity index (χ2v) is 5.23. The van der Waals surface area contributed by atoms with Crippen molar-refractivity contribution in [2.45, 2.75) is 18.9 Å². The Morgan fingerprint density at radius 1 is 1.47 bits per heavy atom. The van der Waals surface area contributed by atoms with Crippen molar-refractivity contribution in [2.75, 3.05) is 13.7 Å². The molecule has 3 saturated carbocycles. The first-order chi connectivity index (χ1) is 8.19. The van der Waals surface area contributed by atoms with Gasteiger partial charge in [-0.1, -0.05) is 0 Å². The van der Waals surface area contributed by atoms with Crippen LogP contribution >= 0.6 is 0 Å². The Hall–Kier alpha value is -1.10. The normalized spacial score (nSPS) is 46.8. The van der Waals surface area contributed by atoms with Gasteiger partial charge in [-0.2, -0.15) is 0 Å². The maximum atomic E-state index is 11.8. The number of esters is 2. The van der Waals surface area contributed by atoms with E-state index in [2.05, 4.69) is 0 Å². The minimum absolute atomic E-state index is 0.0268. The molecular weight excluding hydrogens is 224 g/mol. The molecule has 94 valence electrons. The van der Waals surface area contributed by atoms with E-state index in [4.69, 9.17) is 9.47 Å². The van der Waals surface area contributed by atoms with Crippen LogP contribution < -0.4 is 0 Å². The molecule has 0 aromatic carbocycles. The van der Waals surface area contributed by atoms with Crippen LogP contribution in [0.1, 0.15) is 12.8 Å². The highest BCUT2D eigenvalue weighted by Gasteiger charge is 2.64. The third kappa shape index (κ3) is 1.29. The lowest BCUT2D eigenvalue weighted by molar-refractivity contribution is -0.160. The molecule has 1 N–H and O–H groups in total. The van der Waals surface area contributed by atoms with Gasteiger partial charge in [-0.15, -0.1) is 0 Å². The van der Waals surface area contributed by atoms with Gasteiger partial charge in [-0.05, 0) is 18.8 Å². The number of fused-ring (bicyclic) bond motifs is 1. The molecule has 5 nitrogen and oxygen atoms in total. The summed E-state index contributed by atoms with van der Waals surface area (Å²) in [5, 5.41) is 9.45. The second kappa shape index (κ2) is 3.70. The molecule has 4 aliphatic rings. The van der Waals surface area contributed by atoms with Crippen molar-refractivity contribution in [1.82, 2.24) is 0 Å². The van der Waals surface area contributed by atoms with Gasteiger partial charge in [-0.25, -0.2) is 0 Å². The van der Waals surface area contributed by atoms with Gasteiger partial charge in [0.05, 0.1) is 18.9 Å². The molecule has 1 heterocycles. The monoisotopic (exact) mass is 240 g/mol. The van der Waals surface area contributed by atoms with Gasteiger partial charge in [-0.3, -0.25) is 9.59 Å². The summed E-state index contributed by atoms with van der Waals surface area (Å²) in [6.07, 6.45) is 1.60. The maximum absolute atomic E-state index is 11.8. The molecule has 3 aliphatic carbocycles. The van der Waals surface area contributed by atoms with Crippen LogP contribution in [0, 0.1) is 29.6 Å². The second-order valence-electron chi connectivity index (χ2n) is 5.23. The smallest absolute Gasteiger partial charge is 0.310 e. The molecule has 6 unspecified atom stereocenters. The number of carbonyl (C=O) groups excluding carboxylic acids is 2. The molecule has 0 radical (unpaired) electrons. The number of aliphatic hydroxyl groups excluding tert-OH is 1. The predicted molar refractivity (Wildman–Crippen MR) is 55.7 cm³/mol. The fourth-order valence-electron chi connectivity index (χ4n) is 4.09. The highest BCUT2D eigenvalue weighted by molar-refractivity contribution is 5.85. The summed E-state index contributed by atoms with van der Waals surface area (Å²) < 4.78 is 10.1. The lowest BCUT2D eigenvalue weighted by Gasteiger charge is -2.47. The van der Waals surface area contributed by atoms with E-state index in [9.17, 15) is 14.7 Å². The largest absolute Gasteiger partial charge is 0.469 e. The average molecular weight is 240 g/mol. The van der Waals surface area contributed by atoms with Gasteiger partial charge < -0.3 is 14.6 Å². The molecule has 1 saturated heterocycles. The van der Waals surface area contributed by atoms with Crippen molar-refractivity contribution >= 4 is 11.9 Å². The quantitative estimate of drug-likeness (QED) is 0.686. The summed E-state index contributed by atoms with van der Waals surface area (Å²) in [6, 6.07) is 0. The molecule has 1 aliphatic heterocycles. The minimum Gasteiger partial charge on any atom is -0.469 e. The number of ether oxygens (including phenoxy) is 2. The van der Waals surface area contributed by atoms with Gasteiger partial charge in [0.25, 0.3) is 0 Å². The highest BCUT2D eigenvalue weighted by Crippen LogP contribution is 2.57. The van der Waals surface area contributed by atoms with Crippen molar-refractivity contribution in [3.63, 3.8) is 0 Å². The van der Waals surface area contributed by atoms with Gasteiger partial charge >= 0.3 is 11.9 Å². The van der Waals surface area contributed by atoms with Crippen molar-refractivity contribution in [1.29, 1.82) is 0 Å². The lowest BCUT2D eigenvalue weighted by atomic mass is 9.54. The maximum Gasteiger partial charge on any atom is 0.310 e. The molecule has 4 bridgehead atoms. The first-order valence-electron chi connectivity index (χ1n) is 6.08. The standard InChI is InChI=1S/C12H16O5/c1-16-11(14)8-5-2-3-6-9(8)12(15)17-10(6)7(5)4-13/h5-10,13H,2-4H2,1H3. The Balaban J connectivity index is 2.00. The zero-order valence-electron chi connectivity index (χ0n) is 9.67.